The van der Waals surface area contributed by atoms with Crippen LogP contribution in [0.5, 0.6) is 0 Å². The molecule has 0 aliphatic heterocycles. The van der Waals surface area contributed by atoms with Crippen molar-refractivity contribution >= 4 is 11.9 Å². The van der Waals surface area contributed by atoms with Gasteiger partial charge in [-0.2, -0.15) is 0 Å². The Labute approximate surface area is 135 Å². The van der Waals surface area contributed by atoms with Gasteiger partial charge in [-0.25, -0.2) is 0 Å². The molecule has 0 atom stereocenters. The first-order valence-electron chi connectivity index (χ1n) is 8.63. The zero-order chi connectivity index (χ0) is 16.6. The van der Waals surface area contributed by atoms with Crippen molar-refractivity contribution in [1.82, 2.24) is 0 Å². The van der Waals surface area contributed by atoms with Crippen LogP contribution in [0.2, 0.25) is 0 Å². The maximum Gasteiger partial charge on any atom is 0.320 e. The van der Waals surface area contributed by atoms with E-state index in [-0.39, 0.29) is 13.2 Å². The first kappa shape index (κ1) is 20.9. The smallest absolute Gasteiger partial charge is 0.320 e. The van der Waals surface area contributed by atoms with Crippen LogP contribution in [0.25, 0.3) is 0 Å². The van der Waals surface area contributed by atoms with E-state index in [1.807, 2.05) is 0 Å². The number of hydrogen-bond acceptors (Lipinski definition) is 4. The number of rotatable bonds is 14. The third-order valence-corrected chi connectivity index (χ3v) is 3.44. The molecule has 0 amide bonds. The minimum atomic E-state index is -0.878. The van der Waals surface area contributed by atoms with Gasteiger partial charge in [-0.1, -0.05) is 58.3 Å². The number of hydrogen-bond donors (Lipinski definition) is 0. The van der Waals surface area contributed by atoms with Crippen molar-refractivity contribution in [3.05, 3.63) is 13.3 Å². The van der Waals surface area contributed by atoms with Gasteiger partial charge in [0.1, 0.15) is 0 Å². The summed E-state index contributed by atoms with van der Waals surface area (Å²) in [5, 5.41) is 0. The number of unbranched alkanes of at least 4 members (excludes halogenated alkanes) is 8. The molecule has 0 saturated heterocycles. The minimum absolute atomic E-state index is 0.274. The molecule has 0 bridgehead atoms. The van der Waals surface area contributed by atoms with Gasteiger partial charge in [0.25, 0.3) is 0 Å². The quantitative estimate of drug-likeness (QED) is 0.273. The van der Waals surface area contributed by atoms with Crippen LogP contribution >= 0.6 is 0 Å². The molecule has 0 heterocycles. The van der Waals surface area contributed by atoms with E-state index in [2.05, 4.69) is 6.92 Å². The van der Waals surface area contributed by atoms with Gasteiger partial charge in [0.2, 0.25) is 0 Å². The standard InChI is InChI=1S/C18H32O4/c1-4-7-8-9-10-11-12-13-14-15-16(17(19)21-5-2)18(20)22-6-3/h15-16H,1,4-14H2,2-3H3. The normalized spacial score (nSPS) is 10.7. The maximum absolute atomic E-state index is 11.8. The molecule has 128 valence electrons. The molecule has 4 nitrogen and oxygen atoms in total. The average molecular weight is 312 g/mol. The number of ether oxygens (including phenoxy) is 2. The van der Waals surface area contributed by atoms with Crippen molar-refractivity contribution in [2.45, 2.75) is 71.6 Å². The predicted octanol–water partition coefficient (Wildman–Crippen LogP) is 4.28. The van der Waals surface area contributed by atoms with E-state index in [1.54, 1.807) is 20.3 Å². The van der Waals surface area contributed by atoms with E-state index in [4.69, 9.17) is 9.47 Å². The van der Waals surface area contributed by atoms with Gasteiger partial charge >= 0.3 is 11.9 Å². The highest BCUT2D eigenvalue weighted by Gasteiger charge is 2.28. The second kappa shape index (κ2) is 14.9. The molecular weight excluding hydrogens is 280 g/mol. The van der Waals surface area contributed by atoms with Crippen LogP contribution in [-0.4, -0.2) is 25.2 Å². The lowest BCUT2D eigenvalue weighted by molar-refractivity contribution is -0.159. The van der Waals surface area contributed by atoms with Gasteiger partial charge in [0.05, 0.1) is 13.2 Å². The molecule has 0 aliphatic rings. The summed E-state index contributed by atoms with van der Waals surface area (Å²) in [7, 11) is 0. The molecule has 22 heavy (non-hydrogen) atoms. The molecule has 4 heteroatoms. The van der Waals surface area contributed by atoms with E-state index in [1.165, 1.54) is 32.1 Å². The van der Waals surface area contributed by atoms with E-state index in [9.17, 15) is 9.59 Å². The van der Waals surface area contributed by atoms with Gasteiger partial charge in [-0.3, -0.25) is 9.59 Å². The number of carbonyl (C=O) groups is 2. The molecule has 0 N–H and O–H groups in total. The predicted molar refractivity (Wildman–Crippen MR) is 88.0 cm³/mol. The van der Waals surface area contributed by atoms with Crippen molar-refractivity contribution in [3.63, 3.8) is 0 Å². The Morgan fingerprint density at radius 2 is 1.32 bits per heavy atom. The molecule has 0 aromatic rings. The summed E-state index contributed by atoms with van der Waals surface area (Å²) in [4.78, 5) is 23.5. The fourth-order valence-corrected chi connectivity index (χ4v) is 2.24. The van der Waals surface area contributed by atoms with Crippen molar-refractivity contribution in [1.29, 1.82) is 0 Å². The van der Waals surface area contributed by atoms with E-state index in [0.717, 1.165) is 25.7 Å². The Morgan fingerprint density at radius 1 is 0.864 bits per heavy atom. The highest BCUT2D eigenvalue weighted by molar-refractivity contribution is 5.96. The molecule has 0 fully saturated rings. The van der Waals surface area contributed by atoms with E-state index >= 15 is 0 Å². The summed E-state index contributed by atoms with van der Waals surface area (Å²) in [6.45, 7) is 7.84. The van der Waals surface area contributed by atoms with Gasteiger partial charge < -0.3 is 9.47 Å². The number of esters is 2. The van der Waals surface area contributed by atoms with Crippen LogP contribution in [0, 0.1) is 19.3 Å². The van der Waals surface area contributed by atoms with Gasteiger partial charge in [0, 0.05) is 0 Å². The first-order chi connectivity index (χ1) is 10.7. The number of carbonyl (C=O) groups excluding carboxylic acids is 2. The van der Waals surface area contributed by atoms with E-state index in [0.29, 0.717) is 0 Å². The van der Waals surface area contributed by atoms with Crippen LogP contribution in [-0.2, 0) is 19.1 Å². The fraction of sp³-hybridized carbons (Fsp3) is 0.778. The van der Waals surface area contributed by atoms with Gasteiger partial charge in [-0.05, 0) is 26.7 Å². The molecule has 2 radical (unpaired) electrons. The Balaban J connectivity index is 3.84. The van der Waals surface area contributed by atoms with Crippen LogP contribution in [0.4, 0.5) is 0 Å². The Kier molecular flexibility index (Phi) is 14.1. The largest absolute Gasteiger partial charge is 0.465 e. The van der Waals surface area contributed by atoms with Crippen LogP contribution in [0.3, 0.4) is 0 Å². The second-order valence-corrected chi connectivity index (χ2v) is 5.33. The monoisotopic (exact) mass is 312 g/mol. The zero-order valence-electron chi connectivity index (χ0n) is 14.3. The van der Waals surface area contributed by atoms with E-state index < -0.39 is 17.9 Å². The molecule has 0 rings (SSSR count). The van der Waals surface area contributed by atoms with Crippen molar-refractivity contribution < 1.29 is 19.1 Å². The fourth-order valence-electron chi connectivity index (χ4n) is 2.24. The van der Waals surface area contributed by atoms with Crippen molar-refractivity contribution in [2.75, 3.05) is 13.2 Å². The van der Waals surface area contributed by atoms with Crippen molar-refractivity contribution in [2.24, 2.45) is 5.92 Å². The highest BCUT2D eigenvalue weighted by Crippen LogP contribution is 2.15. The molecule has 0 aliphatic carbocycles. The highest BCUT2D eigenvalue weighted by atomic mass is 16.6. The Hall–Kier alpha value is -1.06. The molecular formula is C18H32O4. The first-order valence-corrected chi connectivity index (χ1v) is 8.63. The molecule has 0 aromatic carbocycles. The summed E-state index contributed by atoms with van der Waals surface area (Å²) >= 11 is 0. The Morgan fingerprint density at radius 3 is 1.77 bits per heavy atom. The van der Waals surface area contributed by atoms with Crippen LogP contribution in [0.1, 0.15) is 71.6 Å². The van der Waals surface area contributed by atoms with Gasteiger partial charge in [0.15, 0.2) is 5.92 Å². The minimum Gasteiger partial charge on any atom is -0.465 e. The average Bonchev–Trinajstić information content (AvgIpc) is 2.49. The summed E-state index contributed by atoms with van der Waals surface area (Å²) in [5.74, 6) is -1.89. The molecule has 0 aromatic heterocycles. The summed E-state index contributed by atoms with van der Waals surface area (Å²) < 4.78 is 9.86. The Bertz CT molecular complexity index is 271. The summed E-state index contributed by atoms with van der Waals surface area (Å²) in [5.41, 5.74) is 0. The topological polar surface area (TPSA) is 52.6 Å². The molecule has 0 saturated carbocycles. The lowest BCUT2D eigenvalue weighted by Crippen LogP contribution is -2.28. The maximum atomic E-state index is 11.8. The van der Waals surface area contributed by atoms with Crippen LogP contribution < -0.4 is 0 Å². The van der Waals surface area contributed by atoms with Crippen molar-refractivity contribution in [3.8, 4) is 0 Å². The second-order valence-electron chi connectivity index (χ2n) is 5.33. The third kappa shape index (κ3) is 10.6. The zero-order valence-corrected chi connectivity index (χ0v) is 14.3. The SMILES string of the molecule is [CH2]CCCCCCCCC[CH]C(C(=O)OCC)C(=O)OCC. The molecule has 0 unspecified atom stereocenters. The lowest BCUT2D eigenvalue weighted by atomic mass is 10.00. The molecule has 0 spiro atoms. The summed E-state index contributed by atoms with van der Waals surface area (Å²) in [6.07, 6.45) is 11.8. The lowest BCUT2D eigenvalue weighted by Gasteiger charge is -2.13. The summed E-state index contributed by atoms with van der Waals surface area (Å²) in [6, 6.07) is 0. The van der Waals surface area contributed by atoms with Gasteiger partial charge in [-0.15, -0.1) is 0 Å². The third-order valence-electron chi connectivity index (χ3n) is 3.44. The van der Waals surface area contributed by atoms with Crippen LogP contribution in [0.15, 0.2) is 0 Å².